The lowest BCUT2D eigenvalue weighted by Crippen LogP contribution is -2.49. The first kappa shape index (κ1) is 18.4. The second-order valence-corrected chi connectivity index (χ2v) is 7.32. The molecule has 0 radical (unpaired) electrons. The third-order valence-electron chi connectivity index (χ3n) is 3.84. The molecule has 0 unspecified atom stereocenters. The third-order valence-corrected chi connectivity index (χ3v) is 5.25. The minimum atomic E-state index is -3.62. The first-order chi connectivity index (χ1) is 9.41. The number of benzene rings is 1. The normalized spacial score (nSPS) is 18.6. The molecule has 1 aliphatic carbocycles. The number of halogens is 2. The molecule has 0 bridgehead atoms. The minimum Gasteiger partial charge on any atom is -0.324 e. The molecule has 7 heteroatoms. The van der Waals surface area contributed by atoms with Crippen LogP contribution in [0.25, 0.3) is 0 Å². The van der Waals surface area contributed by atoms with Crippen molar-refractivity contribution in [1.82, 2.24) is 4.72 Å². The van der Waals surface area contributed by atoms with E-state index in [1.165, 1.54) is 12.1 Å². The maximum Gasteiger partial charge on any atom is 0.240 e. The summed E-state index contributed by atoms with van der Waals surface area (Å²) in [6, 6.07) is 4.79. The van der Waals surface area contributed by atoms with Crippen LogP contribution in [0.15, 0.2) is 29.2 Å². The first-order valence-corrected chi connectivity index (χ1v) is 8.44. The second kappa shape index (κ2) is 7.54. The Morgan fingerprint density at radius 2 is 1.62 bits per heavy atom. The van der Waals surface area contributed by atoms with E-state index in [4.69, 9.17) is 5.73 Å². The Morgan fingerprint density at radius 1 is 1.10 bits per heavy atom. The molecule has 0 heterocycles. The van der Waals surface area contributed by atoms with Gasteiger partial charge in [-0.25, -0.2) is 17.5 Å². The van der Waals surface area contributed by atoms with Crippen molar-refractivity contribution in [3.63, 3.8) is 0 Å². The van der Waals surface area contributed by atoms with Gasteiger partial charge in [-0.05, 0) is 37.1 Å². The molecule has 4 nitrogen and oxygen atoms in total. The predicted octanol–water partition coefficient (Wildman–Crippen LogP) is 2.58. The van der Waals surface area contributed by atoms with Crippen molar-refractivity contribution in [3.8, 4) is 0 Å². The van der Waals surface area contributed by atoms with Crippen LogP contribution in [-0.2, 0) is 10.0 Å². The summed E-state index contributed by atoms with van der Waals surface area (Å²) in [5.41, 5.74) is 5.81. The predicted molar refractivity (Wildman–Crippen MR) is 83.5 cm³/mol. The molecule has 120 valence electrons. The van der Waals surface area contributed by atoms with Crippen LogP contribution < -0.4 is 10.5 Å². The number of hydrogen-bond donors (Lipinski definition) is 2. The molecule has 0 aromatic heterocycles. The average molecular weight is 337 g/mol. The third kappa shape index (κ3) is 5.21. The van der Waals surface area contributed by atoms with E-state index in [0.29, 0.717) is 0 Å². The fourth-order valence-corrected chi connectivity index (χ4v) is 3.68. The Labute approximate surface area is 131 Å². The molecule has 1 aromatic carbocycles. The zero-order chi connectivity index (χ0) is 14.6. The molecule has 1 fully saturated rings. The Kier molecular flexibility index (Phi) is 6.59. The Bertz CT molecular complexity index is 541. The summed E-state index contributed by atoms with van der Waals surface area (Å²) in [4.78, 5) is 0.0659. The van der Waals surface area contributed by atoms with E-state index >= 15 is 0 Å². The summed E-state index contributed by atoms with van der Waals surface area (Å²) in [5.74, 6) is -0.456. The lowest BCUT2D eigenvalue weighted by molar-refractivity contribution is 0.369. The van der Waals surface area contributed by atoms with E-state index in [2.05, 4.69) is 4.72 Å². The highest BCUT2D eigenvalue weighted by molar-refractivity contribution is 7.89. The molecule has 21 heavy (non-hydrogen) atoms. The zero-order valence-corrected chi connectivity index (χ0v) is 13.5. The van der Waals surface area contributed by atoms with E-state index in [9.17, 15) is 12.8 Å². The van der Waals surface area contributed by atoms with Gasteiger partial charge in [-0.3, -0.25) is 0 Å². The van der Waals surface area contributed by atoms with Crippen molar-refractivity contribution in [1.29, 1.82) is 0 Å². The Morgan fingerprint density at radius 3 is 2.14 bits per heavy atom. The number of sulfonamides is 1. The van der Waals surface area contributed by atoms with Gasteiger partial charge in [0.25, 0.3) is 0 Å². The maximum absolute atomic E-state index is 12.8. The second-order valence-electron chi connectivity index (χ2n) is 5.56. The van der Waals surface area contributed by atoms with Crippen molar-refractivity contribution in [3.05, 3.63) is 30.1 Å². The van der Waals surface area contributed by atoms with Crippen LogP contribution in [0, 0.1) is 5.82 Å². The highest BCUT2D eigenvalue weighted by Gasteiger charge is 2.28. The molecule has 0 spiro atoms. The SMILES string of the molecule is Cl.NC1(CNS(=O)(=O)c2ccc(F)cc2)CCCCCC1. The van der Waals surface area contributed by atoms with E-state index in [1.807, 2.05) is 0 Å². The molecular formula is C14H22ClFN2O2S. The average Bonchev–Trinajstić information content (AvgIpc) is 2.63. The summed E-state index contributed by atoms with van der Waals surface area (Å²) in [5, 5.41) is 0. The van der Waals surface area contributed by atoms with Gasteiger partial charge in [0.1, 0.15) is 5.82 Å². The standard InChI is InChI=1S/C14H21FN2O2S.ClH/c15-12-5-7-13(8-6-12)20(18,19)17-11-14(16)9-3-1-2-4-10-14;/h5-8,17H,1-4,9-11,16H2;1H. The van der Waals surface area contributed by atoms with Crippen LogP contribution in [0.4, 0.5) is 4.39 Å². The molecular weight excluding hydrogens is 315 g/mol. The monoisotopic (exact) mass is 336 g/mol. The smallest absolute Gasteiger partial charge is 0.240 e. The van der Waals surface area contributed by atoms with Crippen LogP contribution in [-0.4, -0.2) is 20.5 Å². The van der Waals surface area contributed by atoms with Crippen LogP contribution in [0.5, 0.6) is 0 Å². The van der Waals surface area contributed by atoms with Crippen LogP contribution >= 0.6 is 12.4 Å². The van der Waals surface area contributed by atoms with Gasteiger partial charge >= 0.3 is 0 Å². The fourth-order valence-electron chi connectivity index (χ4n) is 2.55. The van der Waals surface area contributed by atoms with Crippen LogP contribution in [0.3, 0.4) is 0 Å². The van der Waals surface area contributed by atoms with Gasteiger partial charge in [-0.2, -0.15) is 0 Å². The summed E-state index contributed by atoms with van der Waals surface area (Å²) in [7, 11) is -3.62. The van der Waals surface area contributed by atoms with E-state index in [-0.39, 0.29) is 23.8 Å². The lowest BCUT2D eigenvalue weighted by atomic mass is 9.92. The van der Waals surface area contributed by atoms with Gasteiger partial charge in [0, 0.05) is 12.1 Å². The highest BCUT2D eigenvalue weighted by Crippen LogP contribution is 2.24. The molecule has 3 N–H and O–H groups in total. The highest BCUT2D eigenvalue weighted by atomic mass is 35.5. The summed E-state index contributed by atoms with van der Waals surface area (Å²) in [6.07, 6.45) is 6.05. The molecule has 1 aliphatic rings. The van der Waals surface area contributed by atoms with Crippen LogP contribution in [0.1, 0.15) is 38.5 Å². The van der Waals surface area contributed by atoms with E-state index in [1.54, 1.807) is 0 Å². The molecule has 0 aliphatic heterocycles. The molecule has 1 aromatic rings. The summed E-state index contributed by atoms with van der Waals surface area (Å²) in [6.45, 7) is 0.229. The zero-order valence-electron chi connectivity index (χ0n) is 11.8. The van der Waals surface area contributed by atoms with E-state index in [0.717, 1.165) is 50.7 Å². The molecule has 1 saturated carbocycles. The van der Waals surface area contributed by atoms with Gasteiger partial charge in [0.15, 0.2) is 0 Å². The van der Waals surface area contributed by atoms with Gasteiger partial charge in [-0.1, -0.05) is 25.7 Å². The number of nitrogens with one attached hydrogen (secondary N) is 1. The van der Waals surface area contributed by atoms with Gasteiger partial charge in [0.2, 0.25) is 10.0 Å². The Balaban J connectivity index is 0.00000220. The Hall–Kier alpha value is -0.690. The first-order valence-electron chi connectivity index (χ1n) is 6.95. The van der Waals surface area contributed by atoms with Crippen molar-refractivity contribution < 1.29 is 12.8 Å². The van der Waals surface area contributed by atoms with Crippen molar-refractivity contribution in [2.75, 3.05) is 6.54 Å². The number of hydrogen-bond acceptors (Lipinski definition) is 3. The maximum atomic E-state index is 12.8. The van der Waals surface area contributed by atoms with Crippen LogP contribution in [0.2, 0.25) is 0 Å². The summed E-state index contributed by atoms with van der Waals surface area (Å²) >= 11 is 0. The van der Waals surface area contributed by atoms with Gasteiger partial charge < -0.3 is 5.73 Å². The molecule has 0 amide bonds. The number of nitrogens with two attached hydrogens (primary N) is 1. The van der Waals surface area contributed by atoms with E-state index < -0.39 is 21.4 Å². The largest absolute Gasteiger partial charge is 0.324 e. The fraction of sp³-hybridized carbons (Fsp3) is 0.571. The lowest BCUT2D eigenvalue weighted by Gasteiger charge is -2.28. The van der Waals surface area contributed by atoms with Crippen molar-refractivity contribution in [2.45, 2.75) is 49.0 Å². The number of rotatable bonds is 4. The van der Waals surface area contributed by atoms with Crippen molar-refractivity contribution >= 4 is 22.4 Å². The molecule has 2 rings (SSSR count). The van der Waals surface area contributed by atoms with Gasteiger partial charge in [-0.15, -0.1) is 12.4 Å². The molecule has 0 saturated heterocycles. The summed E-state index contributed by atoms with van der Waals surface area (Å²) < 4.78 is 39.6. The topological polar surface area (TPSA) is 72.2 Å². The molecule has 0 atom stereocenters. The minimum absolute atomic E-state index is 0. The van der Waals surface area contributed by atoms with Crippen molar-refractivity contribution in [2.24, 2.45) is 5.73 Å². The van der Waals surface area contributed by atoms with Gasteiger partial charge in [0.05, 0.1) is 4.90 Å². The quantitative estimate of drug-likeness (QED) is 0.830.